The van der Waals surface area contributed by atoms with Crippen molar-refractivity contribution in [2.24, 2.45) is 0 Å². The van der Waals surface area contributed by atoms with E-state index in [1.165, 1.54) is 18.0 Å². The maximum absolute atomic E-state index is 5.52. The molecule has 1 fully saturated rings. The van der Waals surface area contributed by atoms with Gasteiger partial charge < -0.3 is 15.0 Å². The minimum absolute atomic E-state index is 0.0501. The van der Waals surface area contributed by atoms with Gasteiger partial charge in [-0.1, -0.05) is 0 Å². The first-order chi connectivity index (χ1) is 9.89. The minimum atomic E-state index is -0.0501. The number of rotatable bonds is 6. The molecule has 0 radical (unpaired) electrons. The first-order valence-corrected chi connectivity index (χ1v) is 8.76. The van der Waals surface area contributed by atoms with Crippen molar-refractivity contribution in [3.63, 3.8) is 0 Å². The normalized spacial score (nSPS) is 19.0. The van der Waals surface area contributed by atoms with E-state index in [1.807, 2.05) is 0 Å². The van der Waals surface area contributed by atoms with E-state index >= 15 is 0 Å². The zero-order valence-corrected chi connectivity index (χ0v) is 14.8. The quantitative estimate of drug-likeness (QED) is 0.875. The van der Waals surface area contributed by atoms with Crippen LogP contribution in [0.2, 0.25) is 0 Å². The average molecular weight is 311 g/mol. The van der Waals surface area contributed by atoms with Crippen LogP contribution in [0.25, 0.3) is 0 Å². The molecule has 1 atom stereocenters. The summed E-state index contributed by atoms with van der Waals surface area (Å²) in [7, 11) is 1.79. The van der Waals surface area contributed by atoms with E-state index in [0.717, 1.165) is 25.2 Å². The predicted octanol–water partition coefficient (Wildman–Crippen LogP) is 3.21. The second kappa shape index (κ2) is 7.07. The van der Waals surface area contributed by atoms with Crippen LogP contribution in [0.15, 0.2) is 5.38 Å². The summed E-state index contributed by atoms with van der Waals surface area (Å²) in [5.41, 5.74) is 1.08. The SMILES string of the molecule is COC(C)(C)C[C@@H](C)NC1CCN(c2nc(C)cs2)CC1. The zero-order chi connectivity index (χ0) is 15.5. The number of nitrogens with zero attached hydrogens (tertiary/aromatic N) is 2. The molecule has 1 aromatic rings. The highest BCUT2D eigenvalue weighted by Crippen LogP contribution is 2.24. The topological polar surface area (TPSA) is 37.4 Å². The molecular formula is C16H29N3OS. The largest absolute Gasteiger partial charge is 0.379 e. The number of hydrogen-bond acceptors (Lipinski definition) is 5. The molecule has 0 aromatic carbocycles. The van der Waals surface area contributed by atoms with Crippen molar-refractivity contribution in [2.75, 3.05) is 25.1 Å². The van der Waals surface area contributed by atoms with E-state index in [0.29, 0.717) is 12.1 Å². The number of piperidine rings is 1. The zero-order valence-electron chi connectivity index (χ0n) is 14.0. The van der Waals surface area contributed by atoms with Gasteiger partial charge in [0.15, 0.2) is 5.13 Å². The maximum Gasteiger partial charge on any atom is 0.185 e. The second-order valence-electron chi connectivity index (χ2n) is 6.77. The molecule has 0 amide bonds. The third-order valence-electron chi connectivity index (χ3n) is 4.24. The molecule has 0 unspecified atom stereocenters. The van der Waals surface area contributed by atoms with Crippen LogP contribution in [-0.4, -0.2) is 42.9 Å². The van der Waals surface area contributed by atoms with E-state index in [4.69, 9.17) is 4.74 Å². The Morgan fingerprint density at radius 3 is 2.67 bits per heavy atom. The smallest absolute Gasteiger partial charge is 0.185 e. The molecule has 0 bridgehead atoms. The number of aromatic nitrogens is 1. The highest BCUT2D eigenvalue weighted by Gasteiger charge is 2.25. The lowest BCUT2D eigenvalue weighted by molar-refractivity contribution is 0.00744. The van der Waals surface area contributed by atoms with Gasteiger partial charge in [0.25, 0.3) is 0 Å². The van der Waals surface area contributed by atoms with Crippen molar-refractivity contribution >= 4 is 16.5 Å². The molecule has 1 N–H and O–H groups in total. The molecule has 1 aliphatic heterocycles. The first-order valence-electron chi connectivity index (χ1n) is 7.88. The molecule has 2 heterocycles. The van der Waals surface area contributed by atoms with Crippen LogP contribution in [-0.2, 0) is 4.74 Å². The Hall–Kier alpha value is -0.650. The molecule has 0 aliphatic carbocycles. The Morgan fingerprint density at radius 1 is 1.48 bits per heavy atom. The van der Waals surface area contributed by atoms with E-state index in [-0.39, 0.29) is 5.60 Å². The number of thiazole rings is 1. The van der Waals surface area contributed by atoms with Crippen LogP contribution in [0.1, 0.15) is 45.7 Å². The molecule has 1 aliphatic rings. The predicted molar refractivity (Wildman–Crippen MR) is 90.4 cm³/mol. The van der Waals surface area contributed by atoms with Gasteiger partial charge in [0.05, 0.1) is 11.3 Å². The van der Waals surface area contributed by atoms with Crippen LogP contribution in [0.4, 0.5) is 5.13 Å². The van der Waals surface area contributed by atoms with Crippen molar-refractivity contribution in [1.82, 2.24) is 10.3 Å². The van der Waals surface area contributed by atoms with Gasteiger partial charge in [-0.25, -0.2) is 4.98 Å². The highest BCUT2D eigenvalue weighted by molar-refractivity contribution is 7.13. The third kappa shape index (κ3) is 4.94. The monoisotopic (exact) mass is 311 g/mol. The summed E-state index contributed by atoms with van der Waals surface area (Å²) in [6.07, 6.45) is 3.42. The summed E-state index contributed by atoms with van der Waals surface area (Å²) in [6, 6.07) is 1.10. The number of methoxy groups -OCH3 is 1. The second-order valence-corrected chi connectivity index (χ2v) is 7.60. The van der Waals surface area contributed by atoms with E-state index in [1.54, 1.807) is 18.4 Å². The molecule has 2 rings (SSSR count). The lowest BCUT2D eigenvalue weighted by Gasteiger charge is -2.35. The van der Waals surface area contributed by atoms with Gasteiger partial charge in [-0.3, -0.25) is 0 Å². The number of ether oxygens (including phenoxy) is 1. The fourth-order valence-corrected chi connectivity index (χ4v) is 3.86. The maximum atomic E-state index is 5.52. The van der Waals surface area contributed by atoms with Gasteiger partial charge in [0.1, 0.15) is 0 Å². The lowest BCUT2D eigenvalue weighted by atomic mass is 9.97. The Balaban J connectivity index is 1.76. The Bertz CT molecular complexity index is 438. The van der Waals surface area contributed by atoms with Crippen molar-refractivity contribution < 1.29 is 4.74 Å². The fourth-order valence-electron chi connectivity index (χ4n) is 3.01. The van der Waals surface area contributed by atoms with Crippen molar-refractivity contribution in [3.8, 4) is 0 Å². The Kier molecular flexibility index (Phi) is 5.63. The van der Waals surface area contributed by atoms with Crippen LogP contribution in [0, 0.1) is 6.92 Å². The summed E-state index contributed by atoms with van der Waals surface area (Å²) in [4.78, 5) is 7.00. The van der Waals surface area contributed by atoms with Gasteiger partial charge in [-0.05, 0) is 47.0 Å². The Labute approximate surface area is 132 Å². The van der Waals surface area contributed by atoms with Gasteiger partial charge in [0, 0.05) is 37.7 Å². The van der Waals surface area contributed by atoms with Gasteiger partial charge >= 0.3 is 0 Å². The van der Waals surface area contributed by atoms with E-state index < -0.39 is 0 Å². The van der Waals surface area contributed by atoms with Crippen LogP contribution in [0.3, 0.4) is 0 Å². The number of nitrogens with one attached hydrogen (secondary N) is 1. The number of anilines is 1. The van der Waals surface area contributed by atoms with Gasteiger partial charge in [-0.15, -0.1) is 11.3 Å². The summed E-state index contributed by atoms with van der Waals surface area (Å²) in [6.45, 7) is 10.8. The average Bonchev–Trinajstić information content (AvgIpc) is 2.85. The van der Waals surface area contributed by atoms with Crippen LogP contribution in [0.5, 0.6) is 0 Å². The van der Waals surface area contributed by atoms with Crippen molar-refractivity contribution in [3.05, 3.63) is 11.1 Å². The third-order valence-corrected chi connectivity index (χ3v) is 5.26. The van der Waals surface area contributed by atoms with Gasteiger partial charge in [0.2, 0.25) is 0 Å². The number of hydrogen-bond donors (Lipinski definition) is 1. The first kappa shape index (κ1) is 16.7. The molecule has 0 spiro atoms. The van der Waals surface area contributed by atoms with Crippen LogP contribution < -0.4 is 10.2 Å². The van der Waals surface area contributed by atoms with E-state index in [9.17, 15) is 0 Å². The summed E-state index contributed by atoms with van der Waals surface area (Å²) < 4.78 is 5.52. The summed E-state index contributed by atoms with van der Waals surface area (Å²) in [5.74, 6) is 0. The van der Waals surface area contributed by atoms with Gasteiger partial charge in [-0.2, -0.15) is 0 Å². The molecule has 1 aromatic heterocycles. The van der Waals surface area contributed by atoms with Crippen molar-refractivity contribution in [1.29, 1.82) is 0 Å². The van der Waals surface area contributed by atoms with Crippen LogP contribution >= 0.6 is 11.3 Å². The fraction of sp³-hybridized carbons (Fsp3) is 0.812. The summed E-state index contributed by atoms with van der Waals surface area (Å²) >= 11 is 1.76. The highest BCUT2D eigenvalue weighted by atomic mass is 32.1. The minimum Gasteiger partial charge on any atom is -0.379 e. The van der Waals surface area contributed by atoms with Crippen molar-refractivity contribution in [2.45, 2.75) is 64.6 Å². The molecular weight excluding hydrogens is 282 g/mol. The molecule has 0 saturated carbocycles. The standard InChI is InChI=1S/C16H29N3OS/c1-12(10-16(3,4)20-5)17-14-6-8-19(9-7-14)15-18-13(2)11-21-15/h11-12,14,17H,6-10H2,1-5H3/t12-/m1/s1. The Morgan fingerprint density at radius 2 is 2.14 bits per heavy atom. The molecule has 21 heavy (non-hydrogen) atoms. The number of aryl methyl sites for hydroxylation is 1. The lowest BCUT2D eigenvalue weighted by Crippen LogP contribution is -2.47. The van der Waals surface area contributed by atoms with E-state index in [2.05, 4.69) is 48.3 Å². The molecule has 4 nitrogen and oxygen atoms in total. The molecule has 120 valence electrons. The summed E-state index contributed by atoms with van der Waals surface area (Å²) in [5, 5.41) is 7.08. The molecule has 5 heteroatoms. The molecule has 1 saturated heterocycles.